The van der Waals surface area contributed by atoms with Crippen LogP contribution in [0.3, 0.4) is 0 Å². The maximum absolute atomic E-state index is 10.7. The Bertz CT molecular complexity index is 420. The van der Waals surface area contributed by atoms with Crippen molar-refractivity contribution in [3.63, 3.8) is 0 Å². The quantitative estimate of drug-likeness (QED) is 0.630. The summed E-state index contributed by atoms with van der Waals surface area (Å²) in [5.74, 6) is -0.791. The number of nitrogens with two attached hydrogens (primary N) is 1. The van der Waals surface area contributed by atoms with Crippen LogP contribution in [-0.4, -0.2) is 16.0 Å². The third-order valence-corrected chi connectivity index (χ3v) is 1.54. The highest BCUT2D eigenvalue weighted by molar-refractivity contribution is 5.76. The monoisotopic (exact) mass is 194 g/mol. The first kappa shape index (κ1) is 10.0. The van der Waals surface area contributed by atoms with Gasteiger partial charge in [0.15, 0.2) is 5.75 Å². The summed E-state index contributed by atoms with van der Waals surface area (Å²) >= 11 is 0. The van der Waals surface area contributed by atoms with E-state index in [0.717, 1.165) is 0 Å². The number of amides is 1. The SMILES string of the molecule is NC(=O)CC=Cc1c[nH]c(=O)c(O)c1. The first-order valence-electron chi connectivity index (χ1n) is 3.96. The van der Waals surface area contributed by atoms with Crippen LogP contribution >= 0.6 is 0 Å². The molecule has 0 radical (unpaired) electrons. The number of aromatic amines is 1. The maximum atomic E-state index is 10.7. The van der Waals surface area contributed by atoms with Gasteiger partial charge in [0.25, 0.3) is 5.56 Å². The minimum atomic E-state index is -0.544. The van der Waals surface area contributed by atoms with Crippen molar-refractivity contribution in [1.82, 2.24) is 4.98 Å². The summed E-state index contributed by atoms with van der Waals surface area (Å²) in [6, 6.07) is 1.30. The number of pyridine rings is 1. The van der Waals surface area contributed by atoms with Crippen LogP contribution in [-0.2, 0) is 4.79 Å². The number of aromatic hydroxyl groups is 1. The number of hydrogen-bond acceptors (Lipinski definition) is 3. The van der Waals surface area contributed by atoms with E-state index in [0.29, 0.717) is 5.56 Å². The van der Waals surface area contributed by atoms with Gasteiger partial charge in [-0.1, -0.05) is 12.2 Å². The van der Waals surface area contributed by atoms with Crippen molar-refractivity contribution >= 4 is 12.0 Å². The number of nitrogens with one attached hydrogen (secondary N) is 1. The molecule has 1 heterocycles. The van der Waals surface area contributed by atoms with Crippen molar-refractivity contribution in [3.05, 3.63) is 34.3 Å². The van der Waals surface area contributed by atoms with E-state index in [9.17, 15) is 9.59 Å². The van der Waals surface area contributed by atoms with E-state index >= 15 is 0 Å². The van der Waals surface area contributed by atoms with Crippen LogP contribution < -0.4 is 11.3 Å². The minimum absolute atomic E-state index is 0.125. The molecule has 0 aromatic carbocycles. The fraction of sp³-hybridized carbons (Fsp3) is 0.111. The molecule has 0 spiro atoms. The number of hydrogen-bond donors (Lipinski definition) is 3. The molecule has 0 unspecified atom stereocenters. The Morgan fingerprint density at radius 2 is 2.36 bits per heavy atom. The highest BCUT2D eigenvalue weighted by Gasteiger charge is 1.95. The van der Waals surface area contributed by atoms with Gasteiger partial charge in [-0.2, -0.15) is 0 Å². The van der Waals surface area contributed by atoms with Crippen LogP contribution in [0.1, 0.15) is 12.0 Å². The second-order valence-electron chi connectivity index (χ2n) is 2.72. The third kappa shape index (κ3) is 2.78. The van der Waals surface area contributed by atoms with Crippen LogP contribution in [0, 0.1) is 0 Å². The van der Waals surface area contributed by atoms with Gasteiger partial charge in [-0.05, 0) is 11.6 Å². The van der Waals surface area contributed by atoms with Gasteiger partial charge in [0.2, 0.25) is 5.91 Å². The van der Waals surface area contributed by atoms with Crippen molar-refractivity contribution in [3.8, 4) is 5.75 Å². The predicted molar refractivity (Wildman–Crippen MR) is 51.6 cm³/mol. The van der Waals surface area contributed by atoms with Gasteiger partial charge in [0.05, 0.1) is 0 Å². The van der Waals surface area contributed by atoms with E-state index in [-0.39, 0.29) is 12.2 Å². The van der Waals surface area contributed by atoms with Gasteiger partial charge in [-0.15, -0.1) is 0 Å². The molecule has 4 N–H and O–H groups in total. The largest absolute Gasteiger partial charge is 0.503 e. The van der Waals surface area contributed by atoms with Crippen molar-refractivity contribution in [2.45, 2.75) is 6.42 Å². The average molecular weight is 194 g/mol. The second-order valence-corrected chi connectivity index (χ2v) is 2.72. The molecular weight excluding hydrogens is 184 g/mol. The van der Waals surface area contributed by atoms with E-state index in [2.05, 4.69) is 4.98 Å². The van der Waals surface area contributed by atoms with Gasteiger partial charge in [0.1, 0.15) is 0 Å². The first-order valence-corrected chi connectivity index (χ1v) is 3.96. The number of primary amides is 1. The molecule has 1 aromatic heterocycles. The topological polar surface area (TPSA) is 96.2 Å². The summed E-state index contributed by atoms with van der Waals surface area (Å²) in [6.45, 7) is 0. The van der Waals surface area contributed by atoms with Crippen molar-refractivity contribution in [2.75, 3.05) is 0 Å². The molecule has 0 saturated heterocycles. The standard InChI is InChI=1S/C9H10N2O3/c10-8(13)3-1-2-6-4-7(12)9(14)11-5-6/h1-2,4-5,12H,3H2,(H2,10,13)(H,11,14). The molecule has 1 amide bonds. The van der Waals surface area contributed by atoms with Gasteiger partial charge < -0.3 is 15.8 Å². The van der Waals surface area contributed by atoms with Crippen molar-refractivity contribution in [1.29, 1.82) is 0 Å². The summed E-state index contributed by atoms with van der Waals surface area (Å²) < 4.78 is 0. The Hall–Kier alpha value is -2.04. The highest BCUT2D eigenvalue weighted by Crippen LogP contribution is 2.05. The Morgan fingerprint density at radius 1 is 1.64 bits per heavy atom. The number of carbonyl (C=O) groups excluding carboxylic acids is 1. The molecule has 0 aliphatic heterocycles. The zero-order valence-electron chi connectivity index (χ0n) is 7.36. The lowest BCUT2D eigenvalue weighted by Crippen LogP contribution is -2.08. The van der Waals surface area contributed by atoms with E-state index in [4.69, 9.17) is 10.8 Å². The van der Waals surface area contributed by atoms with E-state index < -0.39 is 11.5 Å². The fourth-order valence-corrected chi connectivity index (χ4v) is 0.895. The summed E-state index contributed by atoms with van der Waals surface area (Å²) in [5, 5.41) is 9.04. The lowest BCUT2D eigenvalue weighted by atomic mass is 10.2. The third-order valence-electron chi connectivity index (χ3n) is 1.54. The molecule has 0 atom stereocenters. The Balaban J connectivity index is 2.78. The molecule has 0 aliphatic rings. The molecule has 74 valence electrons. The smallest absolute Gasteiger partial charge is 0.290 e. The van der Waals surface area contributed by atoms with Crippen LogP contribution in [0.4, 0.5) is 0 Å². The lowest BCUT2D eigenvalue weighted by molar-refractivity contribution is -0.117. The molecule has 0 bridgehead atoms. The Kier molecular flexibility index (Phi) is 3.06. The predicted octanol–water partition coefficient (Wildman–Crippen LogP) is -0.0309. The minimum Gasteiger partial charge on any atom is -0.503 e. The van der Waals surface area contributed by atoms with E-state index in [1.54, 1.807) is 12.2 Å². The van der Waals surface area contributed by atoms with Gasteiger partial charge >= 0.3 is 0 Å². The van der Waals surface area contributed by atoms with Crippen molar-refractivity contribution < 1.29 is 9.90 Å². The summed E-state index contributed by atoms with van der Waals surface area (Å²) in [7, 11) is 0. The van der Waals surface area contributed by atoms with Crippen LogP contribution in [0.2, 0.25) is 0 Å². The van der Waals surface area contributed by atoms with Gasteiger partial charge in [-0.3, -0.25) is 9.59 Å². The zero-order valence-corrected chi connectivity index (χ0v) is 7.36. The van der Waals surface area contributed by atoms with E-state index in [1.807, 2.05) is 0 Å². The average Bonchev–Trinajstić information content (AvgIpc) is 2.10. The van der Waals surface area contributed by atoms with Crippen LogP contribution in [0.25, 0.3) is 6.08 Å². The molecule has 0 saturated carbocycles. The fourth-order valence-electron chi connectivity index (χ4n) is 0.895. The molecule has 0 fully saturated rings. The number of rotatable bonds is 3. The number of H-pyrrole nitrogens is 1. The molecule has 14 heavy (non-hydrogen) atoms. The molecule has 1 rings (SSSR count). The Morgan fingerprint density at radius 3 is 2.93 bits per heavy atom. The molecule has 5 heteroatoms. The van der Waals surface area contributed by atoms with Crippen molar-refractivity contribution in [2.24, 2.45) is 5.73 Å². The normalized spacial score (nSPS) is 10.6. The maximum Gasteiger partial charge on any atom is 0.290 e. The van der Waals surface area contributed by atoms with Gasteiger partial charge in [-0.25, -0.2) is 0 Å². The molecule has 0 aliphatic carbocycles. The van der Waals surface area contributed by atoms with Crippen LogP contribution in [0.15, 0.2) is 23.1 Å². The summed E-state index contributed by atoms with van der Waals surface area (Å²) in [4.78, 5) is 23.5. The highest BCUT2D eigenvalue weighted by atomic mass is 16.3. The number of carbonyl (C=O) groups is 1. The second kappa shape index (κ2) is 4.27. The molecule has 1 aromatic rings. The zero-order chi connectivity index (χ0) is 10.6. The molecular formula is C9H10N2O3. The summed E-state index contributed by atoms with van der Waals surface area (Å²) in [5.41, 5.74) is 4.97. The Labute approximate surface area is 79.9 Å². The number of aromatic nitrogens is 1. The first-order chi connectivity index (χ1) is 6.59. The lowest BCUT2D eigenvalue weighted by Gasteiger charge is -1.93. The molecule has 5 nitrogen and oxygen atoms in total. The van der Waals surface area contributed by atoms with Crippen LogP contribution in [0.5, 0.6) is 5.75 Å². The van der Waals surface area contributed by atoms with Gasteiger partial charge in [0, 0.05) is 12.6 Å². The summed E-state index contributed by atoms with van der Waals surface area (Å²) in [6.07, 6.45) is 4.69. The van der Waals surface area contributed by atoms with E-state index in [1.165, 1.54) is 12.3 Å².